The first-order valence-corrected chi connectivity index (χ1v) is 6.45. The number of hydrogen-bond donors (Lipinski definition) is 4. The molecule has 0 unspecified atom stereocenters. The van der Waals surface area contributed by atoms with Crippen LogP contribution in [0.2, 0.25) is 10.0 Å². The highest BCUT2D eigenvalue weighted by Crippen LogP contribution is 2.27. The summed E-state index contributed by atoms with van der Waals surface area (Å²) in [6, 6.07) is 3.29. The van der Waals surface area contributed by atoms with Crippen molar-refractivity contribution >= 4 is 46.2 Å². The molecule has 8 heteroatoms. The van der Waals surface area contributed by atoms with Gasteiger partial charge in [-0.15, -0.1) is 0 Å². The Morgan fingerprint density at radius 3 is 2.80 bits per heavy atom. The lowest BCUT2D eigenvalue weighted by atomic mass is 10.3. The maximum Gasteiger partial charge on any atom is 0.334 e. The molecule has 0 fully saturated rings. The van der Waals surface area contributed by atoms with Gasteiger partial charge in [0, 0.05) is 12.7 Å². The van der Waals surface area contributed by atoms with Gasteiger partial charge in [-0.1, -0.05) is 23.2 Å². The quantitative estimate of drug-likeness (QED) is 0.637. The van der Waals surface area contributed by atoms with E-state index in [0.717, 1.165) is 0 Å². The fourth-order valence-corrected chi connectivity index (χ4v) is 1.93. The predicted molar refractivity (Wildman–Crippen MR) is 79.4 cm³/mol. The molecule has 0 bridgehead atoms. The maximum absolute atomic E-state index is 11.0. The highest BCUT2D eigenvalue weighted by molar-refractivity contribution is 6.42. The number of nitrogens with zero attached hydrogens (tertiary/aromatic N) is 1. The molecule has 20 heavy (non-hydrogen) atoms. The highest BCUT2D eigenvalue weighted by Gasteiger charge is 2.08. The number of carboxylic acid groups (broad SMARTS) is 1. The van der Waals surface area contributed by atoms with Gasteiger partial charge in [0.1, 0.15) is 0 Å². The minimum atomic E-state index is -1.01. The molecule has 2 rings (SSSR count). The average molecular weight is 315 g/mol. The summed E-state index contributed by atoms with van der Waals surface area (Å²) in [4.78, 5) is 18.2. The molecule has 0 aliphatic heterocycles. The Morgan fingerprint density at radius 1 is 1.45 bits per heavy atom. The number of hydrogen-bond acceptors (Lipinski definition) is 4. The number of benzene rings is 1. The number of aromatic nitrogens is 2. The van der Waals surface area contributed by atoms with Gasteiger partial charge in [-0.25, -0.2) is 9.78 Å². The van der Waals surface area contributed by atoms with E-state index in [1.54, 1.807) is 19.2 Å². The van der Waals surface area contributed by atoms with Crippen molar-refractivity contribution in [3.8, 4) is 0 Å². The van der Waals surface area contributed by atoms with Crippen LogP contribution in [0.1, 0.15) is 0 Å². The number of carboxylic acids is 1. The lowest BCUT2D eigenvalue weighted by Crippen LogP contribution is -2.17. The third-order valence-electron chi connectivity index (χ3n) is 2.55. The molecule has 106 valence electrons. The van der Waals surface area contributed by atoms with Gasteiger partial charge in [-0.3, -0.25) is 0 Å². The standard InChI is InChI=1S/C12H12Cl2N4O2/c1-15-4-6(11(19)20)5-16-12-17-9-2-7(13)8(14)3-10(9)18-12/h2-3,5,15H,4H2,1H3,(H,19,20)(H2,16,17,18)/b6-5+. The number of anilines is 1. The number of imidazole rings is 1. The molecule has 2 aromatic rings. The van der Waals surface area contributed by atoms with Crippen LogP contribution < -0.4 is 10.6 Å². The molecule has 4 N–H and O–H groups in total. The maximum atomic E-state index is 11.0. The molecule has 0 amide bonds. The molecule has 1 aromatic heterocycles. The zero-order chi connectivity index (χ0) is 14.7. The van der Waals surface area contributed by atoms with Gasteiger partial charge in [0.05, 0.1) is 26.7 Å². The van der Waals surface area contributed by atoms with Gasteiger partial charge in [0.2, 0.25) is 5.95 Å². The van der Waals surface area contributed by atoms with Crippen molar-refractivity contribution in [3.63, 3.8) is 0 Å². The summed E-state index contributed by atoms with van der Waals surface area (Å²) in [5.41, 5.74) is 1.53. The van der Waals surface area contributed by atoms with Crippen LogP contribution in [0, 0.1) is 0 Å². The number of rotatable bonds is 5. The van der Waals surface area contributed by atoms with E-state index in [9.17, 15) is 4.79 Å². The van der Waals surface area contributed by atoms with Gasteiger partial charge in [-0.05, 0) is 19.2 Å². The molecule has 0 radical (unpaired) electrons. The minimum absolute atomic E-state index is 0.184. The number of H-pyrrole nitrogens is 1. The summed E-state index contributed by atoms with van der Waals surface area (Å²) in [7, 11) is 1.67. The van der Waals surface area contributed by atoms with E-state index in [0.29, 0.717) is 27.0 Å². The van der Waals surface area contributed by atoms with Crippen LogP contribution in [0.25, 0.3) is 11.0 Å². The largest absolute Gasteiger partial charge is 0.478 e. The van der Waals surface area contributed by atoms with Crippen molar-refractivity contribution in [2.24, 2.45) is 0 Å². The first-order chi connectivity index (χ1) is 9.51. The van der Waals surface area contributed by atoms with E-state index in [2.05, 4.69) is 20.6 Å². The molecular weight excluding hydrogens is 303 g/mol. The Balaban J connectivity index is 2.25. The lowest BCUT2D eigenvalue weighted by molar-refractivity contribution is -0.132. The van der Waals surface area contributed by atoms with E-state index in [1.807, 2.05) is 0 Å². The molecule has 0 aliphatic rings. The molecular formula is C12H12Cl2N4O2. The Bertz CT molecular complexity index is 642. The predicted octanol–water partition coefficient (Wildman–Crippen LogP) is 2.47. The van der Waals surface area contributed by atoms with Crippen LogP contribution in [0.4, 0.5) is 5.95 Å². The Hall–Kier alpha value is -1.76. The smallest absolute Gasteiger partial charge is 0.334 e. The van der Waals surface area contributed by atoms with E-state index in [-0.39, 0.29) is 12.1 Å². The van der Waals surface area contributed by atoms with Gasteiger partial charge >= 0.3 is 5.97 Å². The third kappa shape index (κ3) is 3.22. The van der Waals surface area contributed by atoms with E-state index >= 15 is 0 Å². The zero-order valence-corrected chi connectivity index (χ0v) is 12.0. The van der Waals surface area contributed by atoms with Crippen LogP contribution in [-0.2, 0) is 4.79 Å². The van der Waals surface area contributed by atoms with Crippen LogP contribution >= 0.6 is 23.2 Å². The zero-order valence-electron chi connectivity index (χ0n) is 10.5. The number of aromatic amines is 1. The van der Waals surface area contributed by atoms with Gasteiger partial charge in [0.25, 0.3) is 0 Å². The van der Waals surface area contributed by atoms with Gasteiger partial charge in [0.15, 0.2) is 0 Å². The first-order valence-electron chi connectivity index (χ1n) is 5.69. The van der Waals surface area contributed by atoms with Crippen LogP contribution in [-0.4, -0.2) is 34.6 Å². The monoisotopic (exact) mass is 314 g/mol. The molecule has 0 saturated heterocycles. The van der Waals surface area contributed by atoms with E-state index in [4.69, 9.17) is 28.3 Å². The van der Waals surface area contributed by atoms with Crippen LogP contribution in [0.3, 0.4) is 0 Å². The highest BCUT2D eigenvalue weighted by atomic mass is 35.5. The Labute approximate surface area is 124 Å². The van der Waals surface area contributed by atoms with Crippen molar-refractivity contribution in [2.75, 3.05) is 18.9 Å². The molecule has 1 heterocycles. The minimum Gasteiger partial charge on any atom is -0.478 e. The lowest BCUT2D eigenvalue weighted by Gasteiger charge is -2.01. The first kappa shape index (κ1) is 14.6. The van der Waals surface area contributed by atoms with Crippen molar-refractivity contribution in [3.05, 3.63) is 34.0 Å². The van der Waals surface area contributed by atoms with Gasteiger partial charge in [-0.2, -0.15) is 0 Å². The second kappa shape index (κ2) is 6.13. The molecule has 1 aromatic carbocycles. The Kier molecular flexibility index (Phi) is 4.49. The molecule has 0 spiro atoms. The fraction of sp³-hybridized carbons (Fsp3) is 0.167. The molecule has 0 saturated carbocycles. The molecule has 0 atom stereocenters. The van der Waals surface area contributed by atoms with Crippen molar-refractivity contribution < 1.29 is 9.90 Å². The van der Waals surface area contributed by atoms with E-state index < -0.39 is 5.97 Å². The van der Waals surface area contributed by atoms with E-state index in [1.165, 1.54) is 6.20 Å². The topological polar surface area (TPSA) is 90.0 Å². The summed E-state index contributed by atoms with van der Waals surface area (Å²) in [6.45, 7) is 0.236. The Morgan fingerprint density at radius 2 is 2.15 bits per heavy atom. The molecule has 0 aliphatic carbocycles. The average Bonchev–Trinajstić information content (AvgIpc) is 2.76. The SMILES string of the molecule is CNC/C(=C\Nc1nc2cc(Cl)c(Cl)cc2[nH]1)C(=O)O. The van der Waals surface area contributed by atoms with Crippen LogP contribution in [0.5, 0.6) is 0 Å². The normalized spacial score (nSPS) is 11.8. The number of halogens is 2. The summed E-state index contributed by atoms with van der Waals surface area (Å²) in [5, 5.41) is 15.4. The fourth-order valence-electron chi connectivity index (χ4n) is 1.61. The van der Waals surface area contributed by atoms with Gasteiger partial charge < -0.3 is 20.7 Å². The van der Waals surface area contributed by atoms with Crippen LogP contribution in [0.15, 0.2) is 23.9 Å². The summed E-state index contributed by atoms with van der Waals surface area (Å²) < 4.78 is 0. The number of nitrogens with one attached hydrogen (secondary N) is 3. The van der Waals surface area contributed by atoms with Crippen molar-refractivity contribution in [1.29, 1.82) is 0 Å². The third-order valence-corrected chi connectivity index (χ3v) is 3.27. The number of carbonyl (C=O) groups is 1. The number of likely N-dealkylation sites (N-methyl/N-ethyl adjacent to an activating group) is 1. The van der Waals surface area contributed by atoms with Crippen molar-refractivity contribution in [2.45, 2.75) is 0 Å². The summed E-state index contributed by atoms with van der Waals surface area (Å²) in [5.74, 6) is -0.595. The second-order valence-electron chi connectivity index (χ2n) is 4.02. The molecule has 6 nitrogen and oxygen atoms in total. The second-order valence-corrected chi connectivity index (χ2v) is 4.83. The van der Waals surface area contributed by atoms with Crippen molar-refractivity contribution in [1.82, 2.24) is 15.3 Å². The number of fused-ring (bicyclic) bond motifs is 1. The summed E-state index contributed by atoms with van der Waals surface area (Å²) >= 11 is 11.8. The number of aliphatic carboxylic acids is 1. The summed E-state index contributed by atoms with van der Waals surface area (Å²) in [6.07, 6.45) is 1.37.